The number of ether oxygens (including phenoxy) is 1. The van der Waals surface area contributed by atoms with Crippen molar-refractivity contribution < 1.29 is 9.53 Å². The zero-order valence-corrected chi connectivity index (χ0v) is 14.1. The van der Waals surface area contributed by atoms with Crippen molar-refractivity contribution in [2.75, 3.05) is 17.7 Å². The minimum Gasteiger partial charge on any atom is -0.497 e. The van der Waals surface area contributed by atoms with E-state index in [1.165, 1.54) is 0 Å². The molecule has 1 amide bonds. The van der Waals surface area contributed by atoms with E-state index in [2.05, 4.69) is 15.6 Å². The molecule has 0 aliphatic rings. The average Bonchev–Trinajstić information content (AvgIpc) is 2.64. The SMILES string of the molecule is COc1ccc(NC(=O)c2cccnc2Nc2ccccc2C)cc1. The third-order valence-corrected chi connectivity index (χ3v) is 3.80. The number of aromatic nitrogens is 1. The molecule has 5 nitrogen and oxygen atoms in total. The molecule has 25 heavy (non-hydrogen) atoms. The van der Waals surface area contributed by atoms with Gasteiger partial charge in [-0.15, -0.1) is 0 Å². The van der Waals surface area contributed by atoms with Crippen LogP contribution in [0, 0.1) is 6.92 Å². The lowest BCUT2D eigenvalue weighted by Gasteiger charge is -2.13. The lowest BCUT2D eigenvalue weighted by atomic mass is 10.2. The van der Waals surface area contributed by atoms with Crippen molar-refractivity contribution >= 4 is 23.1 Å². The Balaban J connectivity index is 1.82. The maximum Gasteiger partial charge on any atom is 0.259 e. The van der Waals surface area contributed by atoms with E-state index in [0.29, 0.717) is 17.1 Å². The van der Waals surface area contributed by atoms with E-state index >= 15 is 0 Å². The van der Waals surface area contributed by atoms with Crippen LogP contribution in [0.5, 0.6) is 5.75 Å². The van der Waals surface area contributed by atoms with Crippen LogP contribution in [-0.2, 0) is 0 Å². The molecule has 0 atom stereocenters. The van der Waals surface area contributed by atoms with Gasteiger partial charge in [-0.3, -0.25) is 4.79 Å². The lowest BCUT2D eigenvalue weighted by Crippen LogP contribution is -2.14. The Bertz CT molecular complexity index is 876. The summed E-state index contributed by atoms with van der Waals surface area (Å²) in [5.41, 5.74) is 3.16. The van der Waals surface area contributed by atoms with E-state index in [0.717, 1.165) is 17.0 Å². The summed E-state index contributed by atoms with van der Waals surface area (Å²) in [5.74, 6) is 1.03. The van der Waals surface area contributed by atoms with Gasteiger partial charge in [0.2, 0.25) is 0 Å². The Morgan fingerprint density at radius 1 is 1.00 bits per heavy atom. The molecular formula is C20H19N3O2. The molecule has 1 aromatic heterocycles. The monoisotopic (exact) mass is 333 g/mol. The molecule has 2 N–H and O–H groups in total. The summed E-state index contributed by atoms with van der Waals surface area (Å²) in [4.78, 5) is 17.0. The van der Waals surface area contributed by atoms with Crippen LogP contribution in [0.3, 0.4) is 0 Å². The molecule has 3 aromatic rings. The predicted octanol–water partition coefficient (Wildman–Crippen LogP) is 4.39. The number of carbonyl (C=O) groups excluding carboxylic acids is 1. The molecule has 126 valence electrons. The first-order valence-electron chi connectivity index (χ1n) is 7.90. The number of pyridine rings is 1. The number of nitrogens with zero attached hydrogens (tertiary/aromatic N) is 1. The molecule has 0 aliphatic heterocycles. The van der Waals surface area contributed by atoms with E-state index in [1.807, 2.05) is 31.2 Å². The van der Waals surface area contributed by atoms with Gasteiger partial charge >= 0.3 is 0 Å². The molecule has 0 fully saturated rings. The molecule has 3 rings (SSSR count). The van der Waals surface area contributed by atoms with Gasteiger partial charge in [0.1, 0.15) is 11.6 Å². The second-order valence-electron chi connectivity index (χ2n) is 5.52. The number of amides is 1. The van der Waals surface area contributed by atoms with Crippen molar-refractivity contribution in [3.05, 3.63) is 78.0 Å². The fourth-order valence-electron chi connectivity index (χ4n) is 2.40. The zero-order valence-electron chi connectivity index (χ0n) is 14.1. The summed E-state index contributed by atoms with van der Waals surface area (Å²) in [7, 11) is 1.60. The van der Waals surface area contributed by atoms with Gasteiger partial charge in [-0.2, -0.15) is 0 Å². The van der Waals surface area contributed by atoms with Gasteiger partial charge in [-0.25, -0.2) is 4.98 Å². The fourth-order valence-corrected chi connectivity index (χ4v) is 2.40. The van der Waals surface area contributed by atoms with Gasteiger partial charge in [0.15, 0.2) is 0 Å². The normalized spacial score (nSPS) is 10.2. The van der Waals surface area contributed by atoms with Crippen LogP contribution in [0.2, 0.25) is 0 Å². The van der Waals surface area contributed by atoms with Gasteiger partial charge in [-0.1, -0.05) is 18.2 Å². The average molecular weight is 333 g/mol. The number of anilines is 3. The Labute approximate surface area is 146 Å². The highest BCUT2D eigenvalue weighted by molar-refractivity contribution is 6.07. The van der Waals surface area contributed by atoms with Gasteiger partial charge < -0.3 is 15.4 Å². The largest absolute Gasteiger partial charge is 0.497 e. The summed E-state index contributed by atoms with van der Waals surface area (Å²) in [5, 5.41) is 6.11. The quantitative estimate of drug-likeness (QED) is 0.727. The van der Waals surface area contributed by atoms with E-state index in [9.17, 15) is 4.79 Å². The number of aryl methyl sites for hydroxylation is 1. The maximum absolute atomic E-state index is 12.6. The van der Waals surface area contributed by atoms with E-state index < -0.39 is 0 Å². The van der Waals surface area contributed by atoms with Gasteiger partial charge in [0, 0.05) is 17.6 Å². The number of carbonyl (C=O) groups is 1. The minimum absolute atomic E-state index is 0.227. The van der Waals surface area contributed by atoms with Gasteiger partial charge in [0.05, 0.1) is 12.7 Å². The van der Waals surface area contributed by atoms with Crippen LogP contribution in [-0.4, -0.2) is 18.0 Å². The smallest absolute Gasteiger partial charge is 0.259 e. The number of hydrogen-bond donors (Lipinski definition) is 2. The van der Waals surface area contributed by atoms with Crippen LogP contribution in [0.15, 0.2) is 66.9 Å². The van der Waals surface area contributed by atoms with Crippen molar-refractivity contribution in [2.24, 2.45) is 0 Å². The highest BCUT2D eigenvalue weighted by Crippen LogP contribution is 2.22. The van der Waals surface area contributed by atoms with Crippen molar-refractivity contribution in [1.29, 1.82) is 0 Å². The number of para-hydroxylation sites is 1. The molecular weight excluding hydrogens is 314 g/mol. The Hall–Kier alpha value is -3.34. The molecule has 0 spiro atoms. The lowest BCUT2D eigenvalue weighted by molar-refractivity contribution is 0.102. The van der Waals surface area contributed by atoms with Gasteiger partial charge in [0.25, 0.3) is 5.91 Å². The maximum atomic E-state index is 12.6. The summed E-state index contributed by atoms with van der Waals surface area (Å²) < 4.78 is 5.12. The van der Waals surface area contributed by atoms with Crippen molar-refractivity contribution in [1.82, 2.24) is 4.98 Å². The first-order chi connectivity index (χ1) is 12.2. The first-order valence-corrected chi connectivity index (χ1v) is 7.90. The predicted molar refractivity (Wildman–Crippen MR) is 99.6 cm³/mol. The molecule has 0 radical (unpaired) electrons. The second-order valence-corrected chi connectivity index (χ2v) is 5.52. The van der Waals surface area contributed by atoms with Gasteiger partial charge in [-0.05, 0) is 55.0 Å². The highest BCUT2D eigenvalue weighted by atomic mass is 16.5. The zero-order chi connectivity index (χ0) is 17.6. The first kappa shape index (κ1) is 16.5. The third kappa shape index (κ3) is 3.95. The van der Waals surface area contributed by atoms with Crippen LogP contribution < -0.4 is 15.4 Å². The van der Waals surface area contributed by atoms with Crippen LogP contribution >= 0.6 is 0 Å². The Morgan fingerprint density at radius 2 is 1.76 bits per heavy atom. The van der Waals surface area contributed by atoms with Crippen LogP contribution in [0.25, 0.3) is 0 Å². The number of nitrogens with one attached hydrogen (secondary N) is 2. The molecule has 0 aliphatic carbocycles. The van der Waals surface area contributed by atoms with Crippen molar-refractivity contribution in [3.63, 3.8) is 0 Å². The van der Waals surface area contributed by atoms with E-state index in [1.54, 1.807) is 49.7 Å². The summed E-state index contributed by atoms with van der Waals surface area (Å²) >= 11 is 0. The molecule has 2 aromatic carbocycles. The van der Waals surface area contributed by atoms with Crippen molar-refractivity contribution in [2.45, 2.75) is 6.92 Å². The fraction of sp³-hybridized carbons (Fsp3) is 0.100. The molecule has 0 bridgehead atoms. The molecule has 0 saturated heterocycles. The second kappa shape index (κ2) is 7.49. The number of hydrogen-bond acceptors (Lipinski definition) is 4. The number of rotatable bonds is 5. The Morgan fingerprint density at radius 3 is 2.48 bits per heavy atom. The van der Waals surface area contributed by atoms with Crippen molar-refractivity contribution in [3.8, 4) is 5.75 Å². The van der Waals surface area contributed by atoms with E-state index in [-0.39, 0.29) is 5.91 Å². The molecule has 0 saturated carbocycles. The molecule has 5 heteroatoms. The topological polar surface area (TPSA) is 63.2 Å². The summed E-state index contributed by atoms with van der Waals surface area (Å²) in [6.45, 7) is 2.00. The minimum atomic E-state index is -0.227. The van der Waals surface area contributed by atoms with E-state index in [4.69, 9.17) is 4.74 Å². The summed E-state index contributed by atoms with van der Waals surface area (Å²) in [6, 6.07) is 18.5. The van der Waals surface area contributed by atoms with Crippen LogP contribution in [0.1, 0.15) is 15.9 Å². The standard InChI is InChI=1S/C20H19N3O2/c1-14-6-3-4-8-18(14)23-19-17(7-5-13-21-19)20(24)22-15-9-11-16(25-2)12-10-15/h3-13H,1-2H3,(H,21,23)(H,22,24). The van der Waals surface area contributed by atoms with Crippen LogP contribution in [0.4, 0.5) is 17.2 Å². The number of benzene rings is 2. The molecule has 1 heterocycles. The molecule has 0 unspecified atom stereocenters. The Kier molecular flexibility index (Phi) is 4.95. The highest BCUT2D eigenvalue weighted by Gasteiger charge is 2.13. The third-order valence-electron chi connectivity index (χ3n) is 3.80. The number of methoxy groups -OCH3 is 1. The summed E-state index contributed by atoms with van der Waals surface area (Å²) in [6.07, 6.45) is 1.66.